The maximum Gasteiger partial charge on any atom is 0.253 e. The molecular formula is C18H24ClN3O4S. The summed E-state index contributed by atoms with van der Waals surface area (Å²) in [4.78, 5) is 30.6. The third kappa shape index (κ3) is 4.80. The molecule has 1 aromatic rings. The summed E-state index contributed by atoms with van der Waals surface area (Å²) in [5.41, 5.74) is 0.307. The summed E-state index contributed by atoms with van der Waals surface area (Å²) in [6.45, 7) is 4.33. The average Bonchev–Trinajstić information content (AvgIpc) is 3.16. The zero-order valence-electron chi connectivity index (χ0n) is 15.4. The SMILES string of the molecule is CS(=O)(=O)c1cc(C(=O)N2CCN(CC(=O)N3CCCC3)CC2)ccc1Cl. The predicted molar refractivity (Wildman–Crippen MR) is 103 cm³/mol. The molecule has 1 aromatic carbocycles. The van der Waals surface area contributed by atoms with Crippen LogP contribution < -0.4 is 0 Å². The van der Waals surface area contributed by atoms with Crippen molar-refractivity contribution in [2.45, 2.75) is 17.7 Å². The summed E-state index contributed by atoms with van der Waals surface area (Å²) < 4.78 is 23.6. The Morgan fingerprint density at radius 2 is 1.63 bits per heavy atom. The fourth-order valence-corrected chi connectivity index (χ4v) is 4.77. The number of piperazine rings is 1. The molecule has 7 nitrogen and oxygen atoms in total. The van der Waals surface area contributed by atoms with Crippen LogP contribution in [-0.2, 0) is 14.6 Å². The minimum absolute atomic E-state index is 0.0372. The number of amides is 2. The first kappa shape index (κ1) is 20.1. The highest BCUT2D eigenvalue weighted by Crippen LogP contribution is 2.23. The Balaban J connectivity index is 1.59. The van der Waals surface area contributed by atoms with E-state index in [4.69, 9.17) is 11.6 Å². The van der Waals surface area contributed by atoms with Crippen molar-refractivity contribution < 1.29 is 18.0 Å². The van der Waals surface area contributed by atoms with Gasteiger partial charge >= 0.3 is 0 Å². The Morgan fingerprint density at radius 3 is 2.22 bits per heavy atom. The molecule has 9 heteroatoms. The van der Waals surface area contributed by atoms with Crippen LogP contribution in [0.1, 0.15) is 23.2 Å². The molecule has 0 spiro atoms. The number of rotatable bonds is 4. The van der Waals surface area contributed by atoms with E-state index in [1.807, 2.05) is 4.90 Å². The van der Waals surface area contributed by atoms with Gasteiger partial charge in [-0.2, -0.15) is 0 Å². The molecule has 2 saturated heterocycles. The van der Waals surface area contributed by atoms with E-state index < -0.39 is 9.84 Å². The van der Waals surface area contributed by atoms with Crippen LogP contribution in [0.3, 0.4) is 0 Å². The topological polar surface area (TPSA) is 78.0 Å². The minimum atomic E-state index is -3.50. The van der Waals surface area contributed by atoms with Gasteiger partial charge in [0.2, 0.25) is 5.91 Å². The zero-order valence-corrected chi connectivity index (χ0v) is 16.9. The molecule has 2 heterocycles. The van der Waals surface area contributed by atoms with Gasteiger partial charge in [-0.1, -0.05) is 11.6 Å². The van der Waals surface area contributed by atoms with Gasteiger partial charge in [0.1, 0.15) is 0 Å². The third-order valence-electron chi connectivity index (χ3n) is 5.05. The Bertz CT molecular complexity index is 829. The summed E-state index contributed by atoms with van der Waals surface area (Å²) in [7, 11) is -3.50. The molecule has 0 N–H and O–H groups in total. The first-order chi connectivity index (χ1) is 12.8. The van der Waals surface area contributed by atoms with E-state index in [0.29, 0.717) is 38.3 Å². The Morgan fingerprint density at radius 1 is 1.00 bits per heavy atom. The van der Waals surface area contributed by atoms with Gasteiger partial charge in [0.05, 0.1) is 16.5 Å². The molecule has 2 amide bonds. The molecule has 27 heavy (non-hydrogen) atoms. The third-order valence-corrected chi connectivity index (χ3v) is 6.63. The second-order valence-corrected chi connectivity index (χ2v) is 9.46. The van der Waals surface area contributed by atoms with Crippen LogP contribution in [0, 0.1) is 0 Å². The van der Waals surface area contributed by atoms with Crippen molar-refractivity contribution in [3.63, 3.8) is 0 Å². The van der Waals surface area contributed by atoms with Gasteiger partial charge < -0.3 is 9.80 Å². The summed E-state index contributed by atoms with van der Waals surface area (Å²) in [6, 6.07) is 4.32. The van der Waals surface area contributed by atoms with Gasteiger partial charge in [-0.15, -0.1) is 0 Å². The lowest BCUT2D eigenvalue weighted by Crippen LogP contribution is -2.51. The van der Waals surface area contributed by atoms with Crippen molar-refractivity contribution in [3.05, 3.63) is 28.8 Å². The first-order valence-electron chi connectivity index (χ1n) is 9.05. The standard InChI is InChI=1S/C18H24ClN3O4S/c1-27(25,26)16-12-14(4-5-15(16)19)18(24)22-10-8-20(9-11-22)13-17(23)21-6-2-3-7-21/h4-5,12H,2-3,6-11,13H2,1H3. The number of hydrogen-bond acceptors (Lipinski definition) is 5. The van der Waals surface area contributed by atoms with Gasteiger partial charge in [-0.3, -0.25) is 14.5 Å². The average molecular weight is 414 g/mol. The maximum atomic E-state index is 12.7. The lowest BCUT2D eigenvalue weighted by Gasteiger charge is -2.35. The maximum absolute atomic E-state index is 12.7. The van der Waals surface area contributed by atoms with E-state index in [0.717, 1.165) is 32.2 Å². The van der Waals surface area contributed by atoms with Crippen LogP contribution in [0.25, 0.3) is 0 Å². The molecule has 0 aliphatic carbocycles. The Kier molecular flexibility index (Phi) is 6.08. The molecule has 3 rings (SSSR count). The molecule has 0 atom stereocenters. The van der Waals surface area contributed by atoms with E-state index in [1.165, 1.54) is 12.1 Å². The number of hydrogen-bond donors (Lipinski definition) is 0. The molecule has 0 aromatic heterocycles. The number of carbonyl (C=O) groups excluding carboxylic acids is 2. The number of carbonyl (C=O) groups is 2. The van der Waals surface area contributed by atoms with Crippen molar-refractivity contribution in [2.24, 2.45) is 0 Å². The van der Waals surface area contributed by atoms with Crippen molar-refractivity contribution in [1.29, 1.82) is 0 Å². The number of benzene rings is 1. The molecule has 0 radical (unpaired) electrons. The minimum Gasteiger partial charge on any atom is -0.342 e. The second kappa shape index (κ2) is 8.16. The van der Waals surface area contributed by atoms with E-state index >= 15 is 0 Å². The summed E-state index contributed by atoms with van der Waals surface area (Å²) in [6.07, 6.45) is 3.22. The highest BCUT2D eigenvalue weighted by Gasteiger charge is 2.26. The number of sulfone groups is 1. The molecule has 2 fully saturated rings. The molecule has 2 aliphatic rings. The Labute approximate surface area is 164 Å². The zero-order chi connectivity index (χ0) is 19.6. The molecule has 2 aliphatic heterocycles. The monoisotopic (exact) mass is 413 g/mol. The molecule has 0 unspecified atom stereocenters. The van der Waals surface area contributed by atoms with Gasteiger partial charge in [0, 0.05) is 51.1 Å². The van der Waals surface area contributed by atoms with Crippen LogP contribution in [0.5, 0.6) is 0 Å². The molecular weight excluding hydrogens is 390 g/mol. The van der Waals surface area contributed by atoms with E-state index in [1.54, 1.807) is 11.0 Å². The quantitative estimate of drug-likeness (QED) is 0.739. The number of likely N-dealkylation sites (tertiary alicyclic amines) is 1. The smallest absolute Gasteiger partial charge is 0.253 e. The van der Waals surface area contributed by atoms with Crippen LogP contribution >= 0.6 is 11.6 Å². The van der Waals surface area contributed by atoms with E-state index in [2.05, 4.69) is 4.90 Å². The predicted octanol–water partition coefficient (Wildman–Crippen LogP) is 1.12. The summed E-state index contributed by atoms with van der Waals surface area (Å²) >= 11 is 5.95. The van der Waals surface area contributed by atoms with Gasteiger partial charge in [-0.05, 0) is 31.0 Å². The number of halogens is 1. The fourth-order valence-electron chi connectivity index (χ4n) is 3.47. The normalized spacial score (nSPS) is 18.7. The molecule has 0 bridgehead atoms. The summed E-state index contributed by atoms with van der Waals surface area (Å²) in [5, 5.41) is 0.110. The lowest BCUT2D eigenvalue weighted by molar-refractivity contribution is -0.131. The van der Waals surface area contributed by atoms with E-state index in [-0.39, 0.29) is 21.7 Å². The fraction of sp³-hybridized carbons (Fsp3) is 0.556. The van der Waals surface area contributed by atoms with Gasteiger partial charge in [-0.25, -0.2) is 8.42 Å². The lowest BCUT2D eigenvalue weighted by atomic mass is 10.2. The number of nitrogens with zero attached hydrogens (tertiary/aromatic N) is 3. The van der Waals surface area contributed by atoms with Crippen molar-refractivity contribution >= 4 is 33.3 Å². The van der Waals surface area contributed by atoms with Crippen molar-refractivity contribution in [3.8, 4) is 0 Å². The van der Waals surface area contributed by atoms with Crippen molar-refractivity contribution in [1.82, 2.24) is 14.7 Å². The first-order valence-corrected chi connectivity index (χ1v) is 11.3. The van der Waals surface area contributed by atoms with Crippen LogP contribution in [0.2, 0.25) is 5.02 Å². The van der Waals surface area contributed by atoms with Gasteiger partial charge in [0.25, 0.3) is 5.91 Å². The van der Waals surface area contributed by atoms with Gasteiger partial charge in [0.15, 0.2) is 9.84 Å². The highest BCUT2D eigenvalue weighted by atomic mass is 35.5. The molecule has 148 valence electrons. The highest BCUT2D eigenvalue weighted by molar-refractivity contribution is 7.90. The largest absolute Gasteiger partial charge is 0.342 e. The van der Waals surface area contributed by atoms with Crippen molar-refractivity contribution in [2.75, 3.05) is 52.1 Å². The van der Waals surface area contributed by atoms with Crippen LogP contribution in [0.15, 0.2) is 23.1 Å². The Hall–Kier alpha value is -1.64. The van der Waals surface area contributed by atoms with Crippen LogP contribution in [-0.4, -0.2) is 87.0 Å². The molecule has 0 saturated carbocycles. The summed E-state index contributed by atoms with van der Waals surface area (Å²) in [5.74, 6) is -0.0649. The second-order valence-electron chi connectivity index (χ2n) is 7.07. The van der Waals surface area contributed by atoms with Crippen LogP contribution in [0.4, 0.5) is 0 Å². The van der Waals surface area contributed by atoms with E-state index in [9.17, 15) is 18.0 Å².